The lowest BCUT2D eigenvalue weighted by molar-refractivity contribution is -0.140. The molecule has 3 aromatic rings. The third kappa shape index (κ3) is 4.11. The number of aliphatic hydroxyl groups is 1. The number of nitrogens with two attached hydrogens (primary N) is 1. The van der Waals surface area contributed by atoms with Gasteiger partial charge >= 0.3 is 6.18 Å². The number of halogens is 5. The van der Waals surface area contributed by atoms with Crippen molar-refractivity contribution >= 4 is 29.0 Å². The number of anilines is 2. The minimum absolute atomic E-state index is 0.0761. The number of benzene rings is 1. The zero-order valence-corrected chi connectivity index (χ0v) is 19.8. The van der Waals surface area contributed by atoms with E-state index in [1.807, 2.05) is 0 Å². The summed E-state index contributed by atoms with van der Waals surface area (Å²) in [5.41, 5.74) is 4.09. The van der Waals surface area contributed by atoms with Crippen molar-refractivity contribution in [3.8, 4) is 0 Å². The van der Waals surface area contributed by atoms with Crippen molar-refractivity contribution in [1.29, 1.82) is 0 Å². The lowest BCUT2D eigenvalue weighted by Gasteiger charge is -2.24. The molecule has 2 unspecified atom stereocenters. The SMILES string of the molecule is Cn1nc(C2CC3CC(O)(c4n[nH]cc4C(F)(F)F)CC3C2)c(C(=O)Nc2ccc(F)c(Cl)c2)c1N. The van der Waals surface area contributed by atoms with Crippen molar-refractivity contribution < 1.29 is 27.5 Å². The summed E-state index contributed by atoms with van der Waals surface area (Å²) in [6, 6.07) is 3.79. The fourth-order valence-corrected chi connectivity index (χ4v) is 5.97. The zero-order chi connectivity index (χ0) is 26.0. The Kier molecular flexibility index (Phi) is 5.79. The molecule has 0 bridgehead atoms. The van der Waals surface area contributed by atoms with Crippen molar-refractivity contribution in [2.75, 3.05) is 11.1 Å². The van der Waals surface area contributed by atoms with E-state index in [-0.39, 0.29) is 58.4 Å². The smallest absolute Gasteiger partial charge is 0.383 e. The number of alkyl halides is 3. The lowest BCUT2D eigenvalue weighted by Crippen LogP contribution is -2.27. The molecular formula is C23H23ClF4N6O2. The van der Waals surface area contributed by atoms with Crippen molar-refractivity contribution in [3.05, 3.63) is 57.8 Å². The number of aryl methyl sites for hydroxylation is 1. The summed E-state index contributed by atoms with van der Waals surface area (Å²) in [6.45, 7) is 0. The number of amides is 1. The first-order valence-corrected chi connectivity index (χ1v) is 11.7. The second-order valence-electron chi connectivity index (χ2n) is 9.63. The van der Waals surface area contributed by atoms with Crippen LogP contribution in [0, 0.1) is 17.7 Å². The van der Waals surface area contributed by atoms with Crippen molar-refractivity contribution in [1.82, 2.24) is 20.0 Å². The van der Waals surface area contributed by atoms with Gasteiger partial charge in [0.05, 0.1) is 16.3 Å². The van der Waals surface area contributed by atoms with Crippen LogP contribution in [-0.4, -0.2) is 31.0 Å². The normalized spacial score (nSPS) is 25.8. The van der Waals surface area contributed by atoms with Crippen LogP contribution in [0.2, 0.25) is 5.02 Å². The molecule has 2 aromatic heterocycles. The Morgan fingerprint density at radius 1 is 1.31 bits per heavy atom. The Balaban J connectivity index is 1.36. The van der Waals surface area contributed by atoms with E-state index in [9.17, 15) is 27.5 Å². The number of hydrogen-bond acceptors (Lipinski definition) is 5. The molecule has 8 nitrogen and oxygen atoms in total. The number of nitrogens with one attached hydrogen (secondary N) is 2. The fourth-order valence-electron chi connectivity index (χ4n) is 5.78. The highest BCUT2D eigenvalue weighted by Gasteiger charge is 2.54. The van der Waals surface area contributed by atoms with Crippen molar-refractivity contribution in [3.63, 3.8) is 0 Å². The van der Waals surface area contributed by atoms with Crippen LogP contribution in [0.25, 0.3) is 0 Å². The molecule has 0 saturated heterocycles. The van der Waals surface area contributed by atoms with E-state index in [0.717, 1.165) is 12.3 Å². The number of H-pyrrole nitrogens is 1. The van der Waals surface area contributed by atoms with Gasteiger partial charge in [-0.2, -0.15) is 23.4 Å². The monoisotopic (exact) mass is 526 g/mol. The molecule has 2 atom stereocenters. The van der Waals surface area contributed by atoms with Gasteiger partial charge in [-0.3, -0.25) is 14.6 Å². The minimum atomic E-state index is -4.62. The van der Waals surface area contributed by atoms with Crippen molar-refractivity contribution in [2.24, 2.45) is 18.9 Å². The third-order valence-corrected chi connectivity index (χ3v) is 7.63. The standard InChI is InChI=1S/C23H23ClF4N6O2/c1-34-20(29)17(21(35)31-13-2-3-16(25)15(24)6-13)18(33-34)10-4-11-7-22(36,8-12(11)5-10)19-14(9-30-32-19)23(26,27)28/h2-3,6,9-12,36H,4-5,7-8,29H2,1H3,(H,30,32)(H,31,35). The van der Waals surface area contributed by atoms with Gasteiger partial charge in [-0.05, 0) is 55.7 Å². The summed E-state index contributed by atoms with van der Waals surface area (Å²) >= 11 is 5.81. The number of carbonyl (C=O) groups excluding carboxylic acids is 1. The van der Waals surface area contributed by atoms with Crippen LogP contribution in [0.1, 0.15) is 58.9 Å². The highest BCUT2D eigenvalue weighted by molar-refractivity contribution is 6.31. The van der Waals surface area contributed by atoms with Gasteiger partial charge < -0.3 is 16.2 Å². The first-order chi connectivity index (χ1) is 16.9. The van der Waals surface area contributed by atoms with Crippen LogP contribution < -0.4 is 11.1 Å². The molecule has 13 heteroatoms. The van der Waals surface area contributed by atoms with Crippen molar-refractivity contribution in [2.45, 2.75) is 43.4 Å². The number of aromatic amines is 1. The summed E-state index contributed by atoms with van der Waals surface area (Å²) in [5, 5.41) is 24.1. The molecule has 2 heterocycles. The molecule has 0 aliphatic heterocycles. The average Bonchev–Trinajstić information content (AvgIpc) is 3.53. The topological polar surface area (TPSA) is 122 Å². The van der Waals surface area contributed by atoms with E-state index < -0.39 is 29.1 Å². The Morgan fingerprint density at radius 3 is 2.58 bits per heavy atom. The summed E-state index contributed by atoms with van der Waals surface area (Å²) in [7, 11) is 1.61. The summed E-state index contributed by atoms with van der Waals surface area (Å²) in [6.07, 6.45) is -2.56. The number of nitrogen functional groups attached to an aromatic ring is 1. The minimum Gasteiger partial charge on any atom is -0.383 e. The molecule has 0 radical (unpaired) electrons. The number of carbonyl (C=O) groups is 1. The van der Waals surface area contributed by atoms with E-state index in [2.05, 4.69) is 20.6 Å². The fraction of sp³-hybridized carbons (Fsp3) is 0.435. The van der Waals surface area contributed by atoms with Crippen LogP contribution in [0.3, 0.4) is 0 Å². The second kappa shape index (κ2) is 8.48. The molecule has 2 aliphatic carbocycles. The van der Waals surface area contributed by atoms with E-state index >= 15 is 0 Å². The zero-order valence-electron chi connectivity index (χ0n) is 19.0. The second-order valence-corrected chi connectivity index (χ2v) is 10.0. The maximum Gasteiger partial charge on any atom is 0.419 e. The number of nitrogens with zero attached hydrogens (tertiary/aromatic N) is 3. The first kappa shape index (κ1) is 24.6. The lowest BCUT2D eigenvalue weighted by atomic mass is 9.88. The van der Waals surface area contributed by atoms with Crippen LogP contribution in [0.4, 0.5) is 29.1 Å². The number of rotatable bonds is 4. The molecule has 5 N–H and O–H groups in total. The molecule has 0 spiro atoms. The molecule has 36 heavy (non-hydrogen) atoms. The van der Waals surface area contributed by atoms with Gasteiger partial charge in [0.15, 0.2) is 0 Å². The summed E-state index contributed by atoms with van der Waals surface area (Å²) < 4.78 is 55.0. The quantitative estimate of drug-likeness (QED) is 0.371. The van der Waals surface area contributed by atoms with Gasteiger partial charge in [-0.15, -0.1) is 0 Å². The highest BCUT2D eigenvalue weighted by atomic mass is 35.5. The number of hydrogen-bond donors (Lipinski definition) is 4. The largest absolute Gasteiger partial charge is 0.419 e. The number of aromatic nitrogens is 4. The molecular weight excluding hydrogens is 504 g/mol. The first-order valence-electron chi connectivity index (χ1n) is 11.3. The van der Waals surface area contributed by atoms with E-state index in [4.69, 9.17) is 17.3 Å². The van der Waals surface area contributed by atoms with Gasteiger partial charge in [0.25, 0.3) is 5.91 Å². The van der Waals surface area contributed by atoms with Crippen LogP contribution in [-0.2, 0) is 18.8 Å². The predicted octanol–water partition coefficient (Wildman–Crippen LogP) is 4.58. The summed E-state index contributed by atoms with van der Waals surface area (Å²) in [4.78, 5) is 13.1. The van der Waals surface area contributed by atoms with Gasteiger partial charge in [0.2, 0.25) is 0 Å². The van der Waals surface area contributed by atoms with E-state index in [0.29, 0.717) is 18.5 Å². The molecule has 2 saturated carbocycles. The maximum absolute atomic E-state index is 13.5. The van der Waals surface area contributed by atoms with Crippen LogP contribution >= 0.6 is 11.6 Å². The van der Waals surface area contributed by atoms with Gasteiger partial charge in [0, 0.05) is 24.8 Å². The van der Waals surface area contributed by atoms with Crippen LogP contribution in [0.5, 0.6) is 0 Å². The molecule has 192 valence electrons. The third-order valence-electron chi connectivity index (χ3n) is 7.34. The Hall–Kier alpha value is -3.12. The van der Waals surface area contributed by atoms with Gasteiger partial charge in [-0.25, -0.2) is 4.39 Å². The van der Waals surface area contributed by atoms with Gasteiger partial charge in [-0.1, -0.05) is 11.6 Å². The summed E-state index contributed by atoms with van der Waals surface area (Å²) in [5.74, 6) is -1.33. The molecule has 2 aliphatic rings. The maximum atomic E-state index is 13.5. The average molecular weight is 527 g/mol. The van der Waals surface area contributed by atoms with E-state index in [1.54, 1.807) is 7.05 Å². The molecule has 1 aromatic carbocycles. The predicted molar refractivity (Wildman–Crippen MR) is 123 cm³/mol. The van der Waals surface area contributed by atoms with Gasteiger partial charge in [0.1, 0.15) is 28.5 Å². The van der Waals surface area contributed by atoms with Crippen LogP contribution in [0.15, 0.2) is 24.4 Å². The highest BCUT2D eigenvalue weighted by Crippen LogP contribution is 2.57. The Morgan fingerprint density at radius 2 is 1.97 bits per heavy atom. The van der Waals surface area contributed by atoms with E-state index in [1.165, 1.54) is 16.8 Å². The molecule has 1 amide bonds. The molecule has 2 fully saturated rings. The molecule has 5 rings (SSSR count). The Labute approximate surface area is 207 Å². The number of fused-ring (bicyclic) bond motifs is 1. The Bertz CT molecular complexity index is 1320.